The number of nitrogens with zero attached hydrogens (tertiary/aromatic N) is 2. The number of amides is 1. The van der Waals surface area contributed by atoms with Crippen LogP contribution in [0.1, 0.15) is 49.6 Å². The standard InChI is InChI=1S/C31H35N3O3S2/c1-5-31(2,3)21-14-15-24-25(16-21)39-28-27(24)29(36)34(18-20-10-7-6-8-11-20)30(33-28)38-19-26(35)32-22-12-9-13-23(17-22)37-4/h6-13,17,21H,5,14-16,18-19H2,1-4H3,(H,32,35)/t21-/m0/s1. The molecule has 1 N–H and O–H groups in total. The lowest BCUT2D eigenvalue weighted by atomic mass is 9.70. The quantitative estimate of drug-likeness (QED) is 0.180. The lowest BCUT2D eigenvalue weighted by molar-refractivity contribution is -0.113. The number of benzene rings is 2. The number of aryl methyl sites for hydroxylation is 1. The fraction of sp³-hybridized carbons (Fsp3) is 0.387. The zero-order chi connectivity index (χ0) is 27.6. The number of carbonyl (C=O) groups is 1. The van der Waals surface area contributed by atoms with E-state index in [2.05, 4.69) is 26.1 Å². The van der Waals surface area contributed by atoms with Gasteiger partial charge in [-0.3, -0.25) is 14.2 Å². The van der Waals surface area contributed by atoms with Crippen LogP contribution < -0.4 is 15.6 Å². The van der Waals surface area contributed by atoms with Crippen molar-refractivity contribution in [3.63, 3.8) is 0 Å². The van der Waals surface area contributed by atoms with Gasteiger partial charge >= 0.3 is 0 Å². The molecule has 2 heterocycles. The Hall–Kier alpha value is -3.10. The second kappa shape index (κ2) is 11.6. The molecule has 0 saturated heterocycles. The van der Waals surface area contributed by atoms with E-state index in [9.17, 15) is 9.59 Å². The van der Waals surface area contributed by atoms with E-state index in [0.717, 1.165) is 41.5 Å². The first-order valence-corrected chi connectivity index (χ1v) is 15.2. The van der Waals surface area contributed by atoms with E-state index in [1.165, 1.54) is 22.2 Å². The van der Waals surface area contributed by atoms with E-state index in [1.807, 2.05) is 48.5 Å². The van der Waals surface area contributed by atoms with E-state index in [1.54, 1.807) is 29.1 Å². The molecule has 1 amide bonds. The highest BCUT2D eigenvalue weighted by Crippen LogP contribution is 2.44. The third-order valence-corrected chi connectivity index (χ3v) is 10.1. The number of anilines is 1. The molecule has 0 unspecified atom stereocenters. The molecular formula is C31H35N3O3S2. The average Bonchev–Trinajstić information content (AvgIpc) is 3.32. The monoisotopic (exact) mass is 561 g/mol. The number of hydrogen-bond acceptors (Lipinski definition) is 6. The van der Waals surface area contributed by atoms with Crippen LogP contribution in [0, 0.1) is 11.3 Å². The summed E-state index contributed by atoms with van der Waals surface area (Å²) in [4.78, 5) is 34.0. The third-order valence-electron chi connectivity index (χ3n) is 8.02. The summed E-state index contributed by atoms with van der Waals surface area (Å²) in [7, 11) is 1.60. The Morgan fingerprint density at radius 2 is 2.00 bits per heavy atom. The van der Waals surface area contributed by atoms with Crippen molar-refractivity contribution in [1.82, 2.24) is 9.55 Å². The summed E-state index contributed by atoms with van der Waals surface area (Å²) in [5.74, 6) is 1.25. The highest BCUT2D eigenvalue weighted by atomic mass is 32.2. The lowest BCUT2D eigenvalue weighted by Crippen LogP contribution is -2.29. The first-order valence-electron chi connectivity index (χ1n) is 13.4. The second-order valence-corrected chi connectivity index (χ2v) is 12.8. The number of aromatic nitrogens is 2. The summed E-state index contributed by atoms with van der Waals surface area (Å²) in [5, 5.41) is 4.26. The first-order chi connectivity index (χ1) is 18.8. The zero-order valence-corrected chi connectivity index (χ0v) is 24.6. The molecule has 0 aliphatic heterocycles. The van der Waals surface area contributed by atoms with Gasteiger partial charge in [0.15, 0.2) is 5.16 Å². The molecular weight excluding hydrogens is 526 g/mol. The summed E-state index contributed by atoms with van der Waals surface area (Å²) in [6, 6.07) is 17.2. The molecule has 0 saturated carbocycles. The Balaban J connectivity index is 1.47. The van der Waals surface area contributed by atoms with Gasteiger partial charge in [0.25, 0.3) is 5.56 Å². The van der Waals surface area contributed by atoms with E-state index in [4.69, 9.17) is 9.72 Å². The summed E-state index contributed by atoms with van der Waals surface area (Å²) >= 11 is 2.96. The van der Waals surface area contributed by atoms with Crippen molar-refractivity contribution in [2.75, 3.05) is 18.2 Å². The molecule has 6 nitrogen and oxygen atoms in total. The molecule has 5 rings (SSSR count). The average molecular weight is 562 g/mol. The predicted octanol–water partition coefficient (Wildman–Crippen LogP) is 6.79. The van der Waals surface area contributed by atoms with Gasteiger partial charge in [0.05, 0.1) is 24.8 Å². The van der Waals surface area contributed by atoms with Gasteiger partial charge in [0.1, 0.15) is 10.6 Å². The maximum Gasteiger partial charge on any atom is 0.263 e. The largest absolute Gasteiger partial charge is 0.497 e. The molecule has 0 spiro atoms. The normalized spacial score (nSPS) is 15.2. The van der Waals surface area contributed by atoms with E-state index >= 15 is 0 Å². The van der Waals surface area contributed by atoms with Crippen molar-refractivity contribution in [1.29, 1.82) is 0 Å². The molecule has 1 atom stereocenters. The number of fused-ring (bicyclic) bond motifs is 3. The minimum absolute atomic E-state index is 0.00902. The summed E-state index contributed by atoms with van der Waals surface area (Å²) in [5.41, 5.74) is 3.14. The number of methoxy groups -OCH3 is 1. The number of rotatable bonds is 9. The van der Waals surface area contributed by atoms with Gasteiger partial charge in [-0.2, -0.15) is 0 Å². The van der Waals surface area contributed by atoms with E-state index < -0.39 is 0 Å². The number of nitrogens with one attached hydrogen (secondary N) is 1. The van der Waals surface area contributed by atoms with E-state index in [-0.39, 0.29) is 22.6 Å². The fourth-order valence-electron chi connectivity index (χ4n) is 5.24. The van der Waals surface area contributed by atoms with Crippen LogP contribution in [0.4, 0.5) is 5.69 Å². The SMILES string of the molecule is CCC(C)(C)[C@H]1CCc2c(sc3nc(SCC(=O)Nc4cccc(OC)c4)n(Cc4ccccc4)c(=O)c23)C1. The maximum atomic E-state index is 14.0. The van der Waals surface area contributed by atoms with Gasteiger partial charge in [0, 0.05) is 16.6 Å². The van der Waals surface area contributed by atoms with Gasteiger partial charge in [-0.25, -0.2) is 4.98 Å². The number of thiophene rings is 1. The van der Waals surface area contributed by atoms with Crippen LogP contribution in [-0.4, -0.2) is 28.3 Å². The molecule has 4 aromatic rings. The molecule has 2 aromatic heterocycles. The van der Waals surface area contributed by atoms with Crippen molar-refractivity contribution in [2.24, 2.45) is 11.3 Å². The lowest BCUT2D eigenvalue weighted by Gasteiger charge is -2.36. The molecule has 8 heteroatoms. The molecule has 39 heavy (non-hydrogen) atoms. The van der Waals surface area contributed by atoms with Gasteiger partial charge in [0.2, 0.25) is 5.91 Å². The van der Waals surface area contributed by atoms with Crippen LogP contribution in [0.25, 0.3) is 10.2 Å². The molecule has 0 fully saturated rings. The Morgan fingerprint density at radius 1 is 1.21 bits per heavy atom. The van der Waals surface area contributed by atoms with Gasteiger partial charge in [-0.15, -0.1) is 11.3 Å². The molecule has 1 aliphatic carbocycles. The number of thioether (sulfide) groups is 1. The molecule has 0 bridgehead atoms. The van der Waals surface area contributed by atoms with Crippen molar-refractivity contribution in [2.45, 2.75) is 58.2 Å². The molecule has 204 valence electrons. The number of carbonyl (C=O) groups excluding carboxylic acids is 1. The van der Waals surface area contributed by atoms with E-state index in [0.29, 0.717) is 29.1 Å². The smallest absolute Gasteiger partial charge is 0.263 e. The summed E-state index contributed by atoms with van der Waals surface area (Å²) in [6.07, 6.45) is 4.15. The number of ether oxygens (including phenoxy) is 1. The Kier molecular flexibility index (Phi) is 8.14. The second-order valence-electron chi connectivity index (χ2n) is 10.8. The van der Waals surface area contributed by atoms with Crippen molar-refractivity contribution < 1.29 is 9.53 Å². The Bertz CT molecular complexity index is 1540. The summed E-state index contributed by atoms with van der Waals surface area (Å²) in [6.45, 7) is 7.38. The molecule has 1 aliphatic rings. The highest BCUT2D eigenvalue weighted by Gasteiger charge is 2.34. The van der Waals surface area contributed by atoms with Crippen LogP contribution >= 0.6 is 23.1 Å². The van der Waals surface area contributed by atoms with Crippen LogP contribution in [-0.2, 0) is 24.2 Å². The first kappa shape index (κ1) is 27.5. The predicted molar refractivity (Wildman–Crippen MR) is 161 cm³/mol. The van der Waals surface area contributed by atoms with Gasteiger partial charge in [-0.05, 0) is 53.9 Å². The number of hydrogen-bond donors (Lipinski definition) is 1. The van der Waals surface area contributed by atoms with Crippen molar-refractivity contribution >= 4 is 44.9 Å². The Morgan fingerprint density at radius 3 is 2.74 bits per heavy atom. The molecule has 2 aromatic carbocycles. The summed E-state index contributed by atoms with van der Waals surface area (Å²) < 4.78 is 7.00. The van der Waals surface area contributed by atoms with Crippen LogP contribution in [0.5, 0.6) is 5.75 Å². The highest BCUT2D eigenvalue weighted by molar-refractivity contribution is 7.99. The Labute approximate surface area is 237 Å². The minimum Gasteiger partial charge on any atom is -0.497 e. The third kappa shape index (κ3) is 5.92. The maximum absolute atomic E-state index is 14.0. The van der Waals surface area contributed by atoms with Crippen LogP contribution in [0.3, 0.4) is 0 Å². The van der Waals surface area contributed by atoms with Crippen LogP contribution in [0.2, 0.25) is 0 Å². The zero-order valence-electron chi connectivity index (χ0n) is 23.0. The van der Waals surface area contributed by atoms with Crippen molar-refractivity contribution in [3.8, 4) is 5.75 Å². The van der Waals surface area contributed by atoms with Gasteiger partial charge < -0.3 is 10.1 Å². The van der Waals surface area contributed by atoms with Crippen LogP contribution in [0.15, 0.2) is 64.5 Å². The van der Waals surface area contributed by atoms with Gasteiger partial charge in [-0.1, -0.05) is 75.4 Å². The minimum atomic E-state index is -0.163. The van der Waals surface area contributed by atoms with Crippen molar-refractivity contribution in [3.05, 3.63) is 81.0 Å². The molecule has 0 radical (unpaired) electrons. The topological polar surface area (TPSA) is 73.2 Å². The fourth-order valence-corrected chi connectivity index (χ4v) is 7.38.